The van der Waals surface area contributed by atoms with E-state index in [0.717, 1.165) is 0 Å². The molecular formula is C32H50BrN3O7. The van der Waals surface area contributed by atoms with Gasteiger partial charge in [0.2, 0.25) is 17.7 Å². The van der Waals surface area contributed by atoms with Gasteiger partial charge in [-0.2, -0.15) is 0 Å². The molecule has 0 saturated carbocycles. The van der Waals surface area contributed by atoms with E-state index in [1.54, 1.807) is 24.0 Å². The number of aliphatic hydroxyl groups excluding tert-OH is 1. The number of carbonyl (C=O) groups excluding carboxylic acids is 4. The van der Waals surface area contributed by atoms with Gasteiger partial charge in [-0.3, -0.25) is 19.2 Å². The molecule has 3 heterocycles. The lowest BCUT2D eigenvalue weighted by Crippen LogP contribution is -2.61. The summed E-state index contributed by atoms with van der Waals surface area (Å²) in [7, 11) is 0. The Morgan fingerprint density at radius 2 is 1.93 bits per heavy atom. The summed E-state index contributed by atoms with van der Waals surface area (Å²) >= 11 is 3.68. The van der Waals surface area contributed by atoms with Crippen LogP contribution in [0.5, 0.6) is 0 Å². The van der Waals surface area contributed by atoms with E-state index in [2.05, 4.69) is 55.2 Å². The average molecular weight is 669 g/mol. The van der Waals surface area contributed by atoms with E-state index in [4.69, 9.17) is 9.47 Å². The number of hydrogen-bond acceptors (Lipinski definition) is 7. The molecule has 10 nitrogen and oxygen atoms in total. The van der Waals surface area contributed by atoms with E-state index < -0.39 is 47.2 Å². The van der Waals surface area contributed by atoms with Crippen molar-refractivity contribution < 1.29 is 33.8 Å². The number of rotatable bonds is 15. The number of nitrogens with zero attached hydrogens (tertiary/aromatic N) is 2. The Kier molecular flexibility index (Phi) is 11.3. The van der Waals surface area contributed by atoms with E-state index >= 15 is 0 Å². The van der Waals surface area contributed by atoms with Crippen molar-refractivity contribution in [3.8, 4) is 0 Å². The number of ether oxygens (including phenoxy) is 2. The van der Waals surface area contributed by atoms with Crippen LogP contribution in [-0.4, -0.2) is 99.1 Å². The zero-order valence-electron chi connectivity index (χ0n) is 26.6. The minimum Gasteiger partial charge on any atom is -0.460 e. The van der Waals surface area contributed by atoms with Crippen molar-refractivity contribution >= 4 is 39.6 Å². The molecule has 2 N–H and O–H groups in total. The van der Waals surface area contributed by atoms with Crippen molar-refractivity contribution in [1.29, 1.82) is 0 Å². The Morgan fingerprint density at radius 1 is 1.26 bits per heavy atom. The number of likely N-dealkylation sites (tertiary alicyclic amines) is 1. The molecule has 0 aliphatic carbocycles. The fourth-order valence-electron chi connectivity index (χ4n) is 7.36. The van der Waals surface area contributed by atoms with Gasteiger partial charge in [-0.15, -0.1) is 13.2 Å². The number of allylic oxidation sites excluding steroid dienone is 1. The van der Waals surface area contributed by atoms with Gasteiger partial charge in [0.15, 0.2) is 0 Å². The number of fused-ring (bicyclic) bond motifs is 1. The topological polar surface area (TPSA) is 125 Å². The fraction of sp³-hybridized carbons (Fsp3) is 0.750. The standard InChI is InChI=1S/C32H50BrN3O7/c1-9-11-13-22(38)34-18-20(3)42-29(41)23-24-27(39)35(15-12-16-37)26(32(24)17-21(33)25(23)43-32)28(40)36(14-10-2)31(7,8)19-30(4,5)6/h9-10,20-21,23-26,37H,1-2,11-19H2,3-8H3,(H,34,38)/t20-,21?,23-,24+,25-,26-,32+/m1/s1. The lowest BCUT2D eigenvalue weighted by atomic mass is 9.70. The summed E-state index contributed by atoms with van der Waals surface area (Å²) in [5.74, 6) is -3.18. The van der Waals surface area contributed by atoms with Gasteiger partial charge in [0.25, 0.3) is 0 Å². The first-order chi connectivity index (χ1) is 20.0. The van der Waals surface area contributed by atoms with E-state index in [1.165, 1.54) is 4.90 Å². The van der Waals surface area contributed by atoms with Crippen molar-refractivity contribution in [2.75, 3.05) is 26.2 Å². The van der Waals surface area contributed by atoms with Crippen molar-refractivity contribution in [1.82, 2.24) is 15.1 Å². The molecule has 0 radical (unpaired) electrons. The van der Waals surface area contributed by atoms with Gasteiger partial charge in [0.05, 0.1) is 24.5 Å². The molecule has 0 aromatic heterocycles. The zero-order valence-corrected chi connectivity index (χ0v) is 28.2. The van der Waals surface area contributed by atoms with Crippen molar-refractivity contribution in [3.05, 3.63) is 25.3 Å². The molecule has 3 rings (SSSR count). The smallest absolute Gasteiger partial charge is 0.312 e. The molecule has 0 aromatic rings. The highest BCUT2D eigenvalue weighted by Crippen LogP contribution is 2.60. The molecule has 1 spiro atoms. The van der Waals surface area contributed by atoms with Gasteiger partial charge < -0.3 is 29.7 Å². The maximum atomic E-state index is 14.7. The number of aliphatic hydroxyl groups is 1. The minimum atomic E-state index is -1.23. The molecule has 0 aromatic carbocycles. The second-order valence-electron chi connectivity index (χ2n) is 13.9. The number of carbonyl (C=O) groups is 4. The number of amides is 3. The third-order valence-electron chi connectivity index (χ3n) is 8.60. The SMILES string of the molecule is C=CCCC(=O)NC[C@@H](C)OC(=O)[C@H]1[C@@H]2O[C@@]3(CC2Br)[C@@H]1C(=O)N(CCCO)[C@@H]3C(=O)N(CC=C)C(C)(C)CC(C)(C)C. The third-order valence-corrected chi connectivity index (χ3v) is 9.45. The van der Waals surface area contributed by atoms with E-state index in [1.807, 2.05) is 13.8 Å². The van der Waals surface area contributed by atoms with E-state index in [-0.39, 0.29) is 60.6 Å². The van der Waals surface area contributed by atoms with Crippen LogP contribution >= 0.6 is 15.9 Å². The summed E-state index contributed by atoms with van der Waals surface area (Å²) in [6.45, 7) is 20.0. The number of halogens is 1. The summed E-state index contributed by atoms with van der Waals surface area (Å²) in [6.07, 6.45) is 4.26. The predicted octanol–water partition coefficient (Wildman–Crippen LogP) is 3.36. The summed E-state index contributed by atoms with van der Waals surface area (Å²) in [6, 6.07) is -0.972. The van der Waals surface area contributed by atoms with Crippen molar-refractivity contribution in [2.24, 2.45) is 17.3 Å². The quantitative estimate of drug-likeness (QED) is 0.156. The lowest BCUT2D eigenvalue weighted by molar-refractivity contribution is -0.159. The highest BCUT2D eigenvalue weighted by Gasteiger charge is 2.77. The highest BCUT2D eigenvalue weighted by atomic mass is 79.9. The summed E-state index contributed by atoms with van der Waals surface area (Å²) in [5, 5.41) is 12.4. The molecule has 3 saturated heterocycles. The van der Waals surface area contributed by atoms with Crippen LogP contribution in [0.1, 0.15) is 73.6 Å². The maximum absolute atomic E-state index is 14.7. The molecule has 11 heteroatoms. The molecule has 1 unspecified atom stereocenters. The predicted molar refractivity (Wildman–Crippen MR) is 167 cm³/mol. The first-order valence-electron chi connectivity index (χ1n) is 15.3. The molecule has 242 valence electrons. The zero-order chi connectivity index (χ0) is 32.3. The molecule has 3 aliphatic rings. The second-order valence-corrected chi connectivity index (χ2v) is 15.1. The van der Waals surface area contributed by atoms with Crippen LogP contribution in [0.2, 0.25) is 0 Å². The Balaban J connectivity index is 1.94. The molecule has 3 amide bonds. The normalized spacial score (nSPS) is 28.8. The molecule has 7 atom stereocenters. The number of esters is 1. The summed E-state index contributed by atoms with van der Waals surface area (Å²) in [4.78, 5) is 57.5. The van der Waals surface area contributed by atoms with Gasteiger partial charge in [-0.25, -0.2) is 0 Å². The minimum absolute atomic E-state index is 0.0774. The molecule has 2 bridgehead atoms. The van der Waals surface area contributed by atoms with Crippen molar-refractivity contribution in [3.63, 3.8) is 0 Å². The van der Waals surface area contributed by atoms with Crippen molar-refractivity contribution in [2.45, 2.75) is 108 Å². The van der Waals surface area contributed by atoms with Gasteiger partial charge in [-0.05, 0) is 51.9 Å². The van der Waals surface area contributed by atoms with Crippen LogP contribution in [0, 0.1) is 17.3 Å². The highest BCUT2D eigenvalue weighted by molar-refractivity contribution is 9.09. The summed E-state index contributed by atoms with van der Waals surface area (Å²) < 4.78 is 12.3. The van der Waals surface area contributed by atoms with Crippen LogP contribution in [-0.2, 0) is 28.7 Å². The van der Waals surface area contributed by atoms with Crippen LogP contribution in [0.15, 0.2) is 25.3 Å². The molecule has 43 heavy (non-hydrogen) atoms. The van der Waals surface area contributed by atoms with Gasteiger partial charge in [-0.1, -0.05) is 48.9 Å². The average Bonchev–Trinajstić information content (AvgIpc) is 3.49. The van der Waals surface area contributed by atoms with Gasteiger partial charge >= 0.3 is 5.97 Å². The van der Waals surface area contributed by atoms with Crippen LogP contribution in [0.4, 0.5) is 0 Å². The molecular weight excluding hydrogens is 618 g/mol. The first kappa shape index (κ1) is 35.2. The monoisotopic (exact) mass is 667 g/mol. The summed E-state index contributed by atoms with van der Waals surface area (Å²) in [5.41, 5.74) is -1.88. The second kappa shape index (κ2) is 13.8. The number of nitrogens with one attached hydrogen (secondary N) is 1. The number of alkyl halides is 1. The Morgan fingerprint density at radius 3 is 2.51 bits per heavy atom. The molecule has 3 aliphatic heterocycles. The van der Waals surface area contributed by atoms with Crippen LogP contribution < -0.4 is 5.32 Å². The third kappa shape index (κ3) is 7.36. The van der Waals surface area contributed by atoms with Crippen LogP contribution in [0.25, 0.3) is 0 Å². The molecule has 3 fully saturated rings. The van der Waals surface area contributed by atoms with Gasteiger partial charge in [0, 0.05) is 36.5 Å². The van der Waals surface area contributed by atoms with Crippen LogP contribution in [0.3, 0.4) is 0 Å². The fourth-order valence-corrected chi connectivity index (χ4v) is 8.31. The Hall–Kier alpha value is -2.24. The first-order valence-corrected chi connectivity index (χ1v) is 16.2. The Bertz CT molecular complexity index is 1090. The maximum Gasteiger partial charge on any atom is 0.312 e. The Labute approximate surface area is 264 Å². The van der Waals surface area contributed by atoms with E-state index in [9.17, 15) is 24.3 Å². The van der Waals surface area contributed by atoms with Gasteiger partial charge in [0.1, 0.15) is 17.7 Å². The van der Waals surface area contributed by atoms with E-state index in [0.29, 0.717) is 25.7 Å². The number of hydrogen-bond donors (Lipinski definition) is 2. The largest absolute Gasteiger partial charge is 0.460 e. The lowest BCUT2D eigenvalue weighted by Gasteiger charge is -2.45.